The first-order valence-corrected chi connectivity index (χ1v) is 6.56. The standard InChI is InChI=1S/C14H17N3O2/c1-16-8-14(19)17(9-13(16)18)11-5-4-10-3-2-6-15-12(10)7-11/h4-5,7,15H,2-3,6,8-9H2,1H3. The summed E-state index contributed by atoms with van der Waals surface area (Å²) in [4.78, 5) is 26.8. The summed E-state index contributed by atoms with van der Waals surface area (Å²) >= 11 is 0. The van der Waals surface area contributed by atoms with Crippen LogP contribution >= 0.6 is 0 Å². The van der Waals surface area contributed by atoms with Crippen molar-refractivity contribution in [3.63, 3.8) is 0 Å². The highest BCUT2D eigenvalue weighted by Gasteiger charge is 2.28. The number of benzene rings is 1. The molecule has 1 saturated heterocycles. The van der Waals surface area contributed by atoms with E-state index < -0.39 is 0 Å². The average Bonchev–Trinajstić information content (AvgIpc) is 2.42. The maximum Gasteiger partial charge on any atom is 0.247 e. The van der Waals surface area contributed by atoms with Gasteiger partial charge in [0.25, 0.3) is 0 Å². The number of fused-ring (bicyclic) bond motifs is 1. The third kappa shape index (κ3) is 2.16. The molecule has 1 aromatic rings. The Hall–Kier alpha value is -2.04. The molecular weight excluding hydrogens is 242 g/mol. The van der Waals surface area contributed by atoms with E-state index in [-0.39, 0.29) is 24.9 Å². The van der Waals surface area contributed by atoms with Crippen molar-refractivity contribution < 1.29 is 9.59 Å². The molecule has 1 N–H and O–H groups in total. The van der Waals surface area contributed by atoms with E-state index in [2.05, 4.69) is 5.32 Å². The molecule has 0 aliphatic carbocycles. The molecule has 0 saturated carbocycles. The predicted octanol–water partition coefficient (Wildman–Crippen LogP) is 0.850. The van der Waals surface area contributed by atoms with Crippen molar-refractivity contribution in [2.45, 2.75) is 12.8 Å². The number of hydrogen-bond acceptors (Lipinski definition) is 3. The molecule has 0 atom stereocenters. The van der Waals surface area contributed by atoms with Gasteiger partial charge in [0.05, 0.1) is 6.54 Å². The fourth-order valence-electron chi connectivity index (χ4n) is 2.57. The molecule has 0 radical (unpaired) electrons. The van der Waals surface area contributed by atoms with Crippen molar-refractivity contribution in [2.75, 3.05) is 36.9 Å². The van der Waals surface area contributed by atoms with Gasteiger partial charge in [-0.2, -0.15) is 0 Å². The van der Waals surface area contributed by atoms with Gasteiger partial charge in [-0.3, -0.25) is 9.59 Å². The Morgan fingerprint density at radius 3 is 2.84 bits per heavy atom. The fraction of sp³-hybridized carbons (Fsp3) is 0.429. The van der Waals surface area contributed by atoms with Gasteiger partial charge in [0, 0.05) is 25.0 Å². The molecule has 19 heavy (non-hydrogen) atoms. The monoisotopic (exact) mass is 259 g/mol. The Kier molecular flexibility index (Phi) is 2.89. The Morgan fingerprint density at radius 2 is 2.00 bits per heavy atom. The summed E-state index contributed by atoms with van der Waals surface area (Å²) in [6.45, 7) is 1.25. The van der Waals surface area contributed by atoms with Crippen LogP contribution in [0.15, 0.2) is 18.2 Å². The number of carbonyl (C=O) groups is 2. The minimum atomic E-state index is -0.0298. The maximum absolute atomic E-state index is 12.0. The molecule has 0 spiro atoms. The van der Waals surface area contributed by atoms with E-state index in [1.165, 1.54) is 10.5 Å². The first-order valence-electron chi connectivity index (χ1n) is 6.56. The van der Waals surface area contributed by atoms with Crippen LogP contribution in [-0.4, -0.2) is 43.4 Å². The zero-order valence-corrected chi connectivity index (χ0v) is 11.0. The number of anilines is 2. The van der Waals surface area contributed by atoms with Crippen LogP contribution in [0.4, 0.5) is 11.4 Å². The summed E-state index contributed by atoms with van der Waals surface area (Å²) in [5.41, 5.74) is 3.17. The minimum Gasteiger partial charge on any atom is -0.385 e. The van der Waals surface area contributed by atoms with Crippen LogP contribution in [0.5, 0.6) is 0 Å². The molecule has 5 nitrogen and oxygen atoms in total. The van der Waals surface area contributed by atoms with Crippen molar-refractivity contribution in [1.82, 2.24) is 4.90 Å². The number of amides is 2. The van der Waals surface area contributed by atoms with E-state index in [1.807, 2.05) is 18.2 Å². The molecule has 0 bridgehead atoms. The van der Waals surface area contributed by atoms with E-state index >= 15 is 0 Å². The van der Waals surface area contributed by atoms with Gasteiger partial charge in [-0.25, -0.2) is 0 Å². The summed E-state index contributed by atoms with van der Waals surface area (Å²) in [6, 6.07) is 5.96. The van der Waals surface area contributed by atoms with Gasteiger partial charge >= 0.3 is 0 Å². The summed E-state index contributed by atoms with van der Waals surface area (Å²) in [6.07, 6.45) is 2.20. The average molecular weight is 259 g/mol. The fourth-order valence-corrected chi connectivity index (χ4v) is 2.57. The second-order valence-corrected chi connectivity index (χ2v) is 5.10. The van der Waals surface area contributed by atoms with Crippen molar-refractivity contribution >= 4 is 23.2 Å². The molecule has 1 aromatic carbocycles. The summed E-state index contributed by atoms with van der Waals surface area (Å²) in [5.74, 6) is -0.0526. The number of hydrogen-bond donors (Lipinski definition) is 1. The molecule has 2 aliphatic rings. The smallest absolute Gasteiger partial charge is 0.247 e. The number of likely N-dealkylation sites (N-methyl/N-ethyl adjacent to an activating group) is 1. The largest absolute Gasteiger partial charge is 0.385 e. The van der Waals surface area contributed by atoms with Gasteiger partial charge < -0.3 is 15.1 Å². The van der Waals surface area contributed by atoms with Gasteiger partial charge in [-0.1, -0.05) is 6.07 Å². The first kappa shape index (κ1) is 12.0. The van der Waals surface area contributed by atoms with Crippen LogP contribution in [0, 0.1) is 0 Å². The lowest BCUT2D eigenvalue weighted by molar-refractivity contribution is -0.136. The van der Waals surface area contributed by atoms with E-state index in [4.69, 9.17) is 0 Å². The highest BCUT2D eigenvalue weighted by Crippen LogP contribution is 2.28. The second kappa shape index (κ2) is 4.57. The molecule has 0 unspecified atom stereocenters. The lowest BCUT2D eigenvalue weighted by Gasteiger charge is -2.32. The van der Waals surface area contributed by atoms with Gasteiger partial charge in [-0.15, -0.1) is 0 Å². The van der Waals surface area contributed by atoms with Gasteiger partial charge in [0.2, 0.25) is 11.8 Å². The number of aryl methyl sites for hydroxylation is 1. The van der Waals surface area contributed by atoms with Crippen LogP contribution in [0.1, 0.15) is 12.0 Å². The van der Waals surface area contributed by atoms with Crippen molar-refractivity contribution in [2.24, 2.45) is 0 Å². The van der Waals surface area contributed by atoms with E-state index in [9.17, 15) is 9.59 Å². The Bertz CT molecular complexity index is 541. The third-order valence-electron chi connectivity index (χ3n) is 3.74. The quantitative estimate of drug-likeness (QED) is 0.813. The van der Waals surface area contributed by atoms with Crippen LogP contribution in [0.25, 0.3) is 0 Å². The molecule has 2 heterocycles. The minimum absolute atomic E-state index is 0.0229. The summed E-state index contributed by atoms with van der Waals surface area (Å²) in [5, 5.41) is 3.34. The number of nitrogens with one attached hydrogen (secondary N) is 1. The highest BCUT2D eigenvalue weighted by molar-refractivity contribution is 6.04. The van der Waals surface area contributed by atoms with E-state index in [1.54, 1.807) is 11.9 Å². The molecular formula is C14H17N3O2. The number of piperazine rings is 1. The maximum atomic E-state index is 12.0. The third-order valence-corrected chi connectivity index (χ3v) is 3.74. The summed E-state index contributed by atoms with van der Waals surface area (Å²) < 4.78 is 0. The van der Waals surface area contributed by atoms with Gasteiger partial charge in [-0.05, 0) is 30.5 Å². The van der Waals surface area contributed by atoms with Crippen LogP contribution in [0.2, 0.25) is 0 Å². The SMILES string of the molecule is CN1CC(=O)N(c2ccc3c(c2)NCCC3)CC1=O. The normalized spacial score (nSPS) is 19.2. The van der Waals surface area contributed by atoms with E-state index in [0.717, 1.165) is 30.8 Å². The predicted molar refractivity (Wildman–Crippen MR) is 73.2 cm³/mol. The van der Waals surface area contributed by atoms with Crippen molar-refractivity contribution in [3.05, 3.63) is 23.8 Å². The van der Waals surface area contributed by atoms with Crippen molar-refractivity contribution in [3.8, 4) is 0 Å². The Balaban J connectivity index is 1.89. The zero-order chi connectivity index (χ0) is 13.4. The summed E-state index contributed by atoms with van der Waals surface area (Å²) in [7, 11) is 1.66. The molecule has 2 aliphatic heterocycles. The number of carbonyl (C=O) groups excluding carboxylic acids is 2. The number of nitrogens with zero attached hydrogens (tertiary/aromatic N) is 2. The molecule has 1 fully saturated rings. The molecule has 2 amide bonds. The molecule has 5 heteroatoms. The molecule has 100 valence electrons. The molecule has 0 aromatic heterocycles. The van der Waals surface area contributed by atoms with Crippen LogP contribution in [-0.2, 0) is 16.0 Å². The Labute approximate surface area is 112 Å². The molecule has 3 rings (SSSR count). The lowest BCUT2D eigenvalue weighted by Crippen LogP contribution is -2.52. The topological polar surface area (TPSA) is 52.7 Å². The van der Waals surface area contributed by atoms with E-state index in [0.29, 0.717) is 0 Å². The Morgan fingerprint density at radius 1 is 1.16 bits per heavy atom. The van der Waals surface area contributed by atoms with Crippen LogP contribution in [0.3, 0.4) is 0 Å². The second-order valence-electron chi connectivity index (χ2n) is 5.10. The van der Waals surface area contributed by atoms with Gasteiger partial charge in [0.1, 0.15) is 6.54 Å². The lowest BCUT2D eigenvalue weighted by atomic mass is 10.0. The first-order chi connectivity index (χ1) is 9.15. The van der Waals surface area contributed by atoms with Crippen LogP contribution < -0.4 is 10.2 Å². The zero-order valence-electron chi connectivity index (χ0n) is 11.0. The number of rotatable bonds is 1. The van der Waals surface area contributed by atoms with Gasteiger partial charge in [0.15, 0.2) is 0 Å². The van der Waals surface area contributed by atoms with Crippen molar-refractivity contribution in [1.29, 1.82) is 0 Å². The highest BCUT2D eigenvalue weighted by atomic mass is 16.2.